The van der Waals surface area contributed by atoms with Gasteiger partial charge in [0.25, 0.3) is 5.91 Å². The summed E-state index contributed by atoms with van der Waals surface area (Å²) >= 11 is 1.36. The number of ether oxygens (including phenoxy) is 2. The van der Waals surface area contributed by atoms with Crippen LogP contribution >= 0.6 is 11.3 Å². The van der Waals surface area contributed by atoms with E-state index in [0.717, 1.165) is 4.88 Å². The smallest absolute Gasteiger partial charge is 0.264 e. The molecule has 1 amide bonds. The van der Waals surface area contributed by atoms with Crippen LogP contribution in [-0.2, 0) is 4.79 Å². The molecule has 0 unspecified atom stereocenters. The number of carbonyl (C=O) groups is 2. The number of Topliss-reactive ketones (excluding diaryl/α,β-unsaturated/α-hetero) is 1. The second kappa shape index (κ2) is 6.36. The van der Waals surface area contributed by atoms with Crippen molar-refractivity contribution in [2.45, 2.75) is 32.8 Å². The first-order chi connectivity index (χ1) is 11.7. The first-order valence-corrected chi connectivity index (χ1v) is 8.49. The van der Waals surface area contributed by atoms with Crippen LogP contribution in [-0.4, -0.2) is 34.0 Å². The third-order valence-electron chi connectivity index (χ3n) is 3.54. The number of nitrogens with one attached hydrogen (secondary N) is 1. The first kappa shape index (κ1) is 17.2. The Morgan fingerprint density at radius 3 is 2.92 bits per heavy atom. The fourth-order valence-corrected chi connectivity index (χ4v) is 3.23. The second-order valence-electron chi connectivity index (χ2n) is 6.39. The normalized spacial score (nSPS) is 15.2. The number of aromatic nitrogens is 1. The Labute approximate surface area is 148 Å². The summed E-state index contributed by atoms with van der Waals surface area (Å²) in [6.07, 6.45) is 1.85. The molecule has 0 saturated heterocycles. The molecule has 2 heterocycles. The lowest BCUT2D eigenvalue weighted by Crippen LogP contribution is -2.35. The lowest BCUT2D eigenvalue weighted by molar-refractivity contribution is -0.118. The number of ketones is 1. The second-order valence-corrected chi connectivity index (χ2v) is 7.62. The standard InChI is InChI=1S/C17H18N2O5S/c1-9-7-18-16(25-9)19-14(22)8-23-10-4-11(20)15-12(21)6-17(2,3)24-13(15)5-10/h4-5,7,20H,6,8H2,1-3H3,(H,18,19,22). The Balaban J connectivity index is 1.70. The predicted molar refractivity (Wildman–Crippen MR) is 92.7 cm³/mol. The third-order valence-corrected chi connectivity index (χ3v) is 4.37. The van der Waals surface area contributed by atoms with Gasteiger partial charge in [-0.1, -0.05) is 0 Å². The highest BCUT2D eigenvalue weighted by molar-refractivity contribution is 7.15. The number of amides is 1. The van der Waals surface area contributed by atoms with Crippen LogP contribution in [0.15, 0.2) is 18.3 Å². The summed E-state index contributed by atoms with van der Waals surface area (Å²) in [7, 11) is 0. The molecule has 3 rings (SSSR count). The van der Waals surface area contributed by atoms with Crippen molar-refractivity contribution in [2.75, 3.05) is 11.9 Å². The largest absolute Gasteiger partial charge is 0.507 e. The van der Waals surface area contributed by atoms with Gasteiger partial charge in [0.1, 0.15) is 28.4 Å². The quantitative estimate of drug-likeness (QED) is 0.868. The molecule has 1 aliphatic heterocycles. The van der Waals surface area contributed by atoms with Crippen LogP contribution in [0, 0.1) is 6.92 Å². The van der Waals surface area contributed by atoms with E-state index in [4.69, 9.17) is 9.47 Å². The van der Waals surface area contributed by atoms with E-state index in [-0.39, 0.29) is 47.5 Å². The highest BCUT2D eigenvalue weighted by atomic mass is 32.1. The molecular weight excluding hydrogens is 344 g/mol. The SMILES string of the molecule is Cc1cnc(NC(=O)COc2cc(O)c3c(c2)OC(C)(C)CC3=O)s1. The maximum Gasteiger partial charge on any atom is 0.264 e. The van der Waals surface area contributed by atoms with Crippen molar-refractivity contribution in [3.63, 3.8) is 0 Å². The Hall–Kier alpha value is -2.61. The van der Waals surface area contributed by atoms with Gasteiger partial charge in [0.05, 0.1) is 6.42 Å². The summed E-state index contributed by atoms with van der Waals surface area (Å²) in [5, 5.41) is 13.2. The van der Waals surface area contributed by atoms with Crippen molar-refractivity contribution in [1.82, 2.24) is 4.98 Å². The number of fused-ring (bicyclic) bond motifs is 1. The van der Waals surface area contributed by atoms with Gasteiger partial charge in [-0.15, -0.1) is 11.3 Å². The average molecular weight is 362 g/mol. The minimum Gasteiger partial charge on any atom is -0.507 e. The van der Waals surface area contributed by atoms with Crippen molar-refractivity contribution in [3.05, 3.63) is 28.8 Å². The number of hydrogen-bond donors (Lipinski definition) is 2. The van der Waals surface area contributed by atoms with Crippen molar-refractivity contribution < 1.29 is 24.2 Å². The molecule has 2 aromatic rings. The molecule has 1 aromatic carbocycles. The molecular formula is C17H18N2O5S. The van der Waals surface area contributed by atoms with Crippen LogP contribution in [0.1, 0.15) is 35.5 Å². The lowest BCUT2D eigenvalue weighted by atomic mass is 9.92. The van der Waals surface area contributed by atoms with E-state index in [1.54, 1.807) is 20.0 Å². The van der Waals surface area contributed by atoms with Crippen LogP contribution in [0.4, 0.5) is 5.13 Å². The number of rotatable bonds is 4. The van der Waals surface area contributed by atoms with E-state index < -0.39 is 5.60 Å². The van der Waals surface area contributed by atoms with Crippen molar-refractivity contribution in [2.24, 2.45) is 0 Å². The van der Waals surface area contributed by atoms with Gasteiger partial charge in [-0.05, 0) is 20.8 Å². The monoisotopic (exact) mass is 362 g/mol. The zero-order valence-corrected chi connectivity index (χ0v) is 14.9. The molecule has 2 N–H and O–H groups in total. The van der Waals surface area contributed by atoms with E-state index in [9.17, 15) is 14.7 Å². The molecule has 0 bridgehead atoms. The van der Waals surface area contributed by atoms with Gasteiger partial charge < -0.3 is 14.6 Å². The number of thiazole rings is 1. The molecule has 132 valence electrons. The molecule has 7 nitrogen and oxygen atoms in total. The van der Waals surface area contributed by atoms with Crippen LogP contribution in [0.2, 0.25) is 0 Å². The number of aromatic hydroxyl groups is 1. The number of aryl methyl sites for hydroxylation is 1. The molecule has 25 heavy (non-hydrogen) atoms. The van der Waals surface area contributed by atoms with Crippen LogP contribution in [0.3, 0.4) is 0 Å². The van der Waals surface area contributed by atoms with E-state index in [0.29, 0.717) is 5.13 Å². The number of benzene rings is 1. The number of hydrogen-bond acceptors (Lipinski definition) is 7. The Bertz CT molecular complexity index is 844. The van der Waals surface area contributed by atoms with E-state index in [2.05, 4.69) is 10.3 Å². The van der Waals surface area contributed by atoms with E-state index in [1.165, 1.54) is 23.5 Å². The number of phenols is 1. The van der Waals surface area contributed by atoms with Crippen LogP contribution in [0.5, 0.6) is 17.2 Å². The highest BCUT2D eigenvalue weighted by Crippen LogP contribution is 2.40. The fourth-order valence-electron chi connectivity index (χ4n) is 2.55. The summed E-state index contributed by atoms with van der Waals surface area (Å²) in [4.78, 5) is 29.1. The predicted octanol–water partition coefficient (Wildman–Crippen LogP) is 2.92. The third kappa shape index (κ3) is 3.90. The molecule has 0 fully saturated rings. The zero-order valence-electron chi connectivity index (χ0n) is 14.1. The molecule has 0 saturated carbocycles. The van der Waals surface area contributed by atoms with Crippen LogP contribution < -0.4 is 14.8 Å². The van der Waals surface area contributed by atoms with Crippen molar-refractivity contribution >= 4 is 28.2 Å². The van der Waals surface area contributed by atoms with E-state index >= 15 is 0 Å². The Morgan fingerprint density at radius 1 is 1.48 bits per heavy atom. The number of carbonyl (C=O) groups excluding carboxylic acids is 2. The number of phenolic OH excluding ortho intramolecular Hbond substituents is 1. The minimum atomic E-state index is -0.658. The van der Waals surface area contributed by atoms with Gasteiger partial charge in [0, 0.05) is 23.2 Å². The van der Waals surface area contributed by atoms with Gasteiger partial charge in [0.2, 0.25) is 0 Å². The summed E-state index contributed by atoms with van der Waals surface area (Å²) < 4.78 is 11.2. The Kier molecular flexibility index (Phi) is 4.38. The molecule has 1 aromatic heterocycles. The molecule has 0 atom stereocenters. The molecule has 1 aliphatic rings. The maximum absolute atomic E-state index is 12.2. The summed E-state index contributed by atoms with van der Waals surface area (Å²) in [6, 6.07) is 2.81. The maximum atomic E-state index is 12.2. The van der Waals surface area contributed by atoms with Gasteiger partial charge in [-0.2, -0.15) is 0 Å². The molecule has 0 aliphatic carbocycles. The summed E-state index contributed by atoms with van der Waals surface area (Å²) in [5.41, 5.74) is -0.510. The van der Waals surface area contributed by atoms with Crippen molar-refractivity contribution in [3.8, 4) is 17.2 Å². The summed E-state index contributed by atoms with van der Waals surface area (Å²) in [6.45, 7) is 5.22. The highest BCUT2D eigenvalue weighted by Gasteiger charge is 2.35. The van der Waals surface area contributed by atoms with E-state index in [1.807, 2.05) is 6.92 Å². The number of nitrogens with zero attached hydrogens (tertiary/aromatic N) is 1. The summed E-state index contributed by atoms with van der Waals surface area (Å²) in [5.74, 6) is -0.278. The molecule has 0 radical (unpaired) electrons. The zero-order chi connectivity index (χ0) is 18.2. The molecule has 8 heteroatoms. The first-order valence-electron chi connectivity index (χ1n) is 7.68. The van der Waals surface area contributed by atoms with Gasteiger partial charge in [0.15, 0.2) is 17.5 Å². The number of anilines is 1. The minimum absolute atomic E-state index is 0.148. The van der Waals surface area contributed by atoms with Crippen LogP contribution in [0.25, 0.3) is 0 Å². The van der Waals surface area contributed by atoms with Gasteiger partial charge >= 0.3 is 0 Å². The van der Waals surface area contributed by atoms with Crippen molar-refractivity contribution in [1.29, 1.82) is 0 Å². The average Bonchev–Trinajstić information content (AvgIpc) is 2.88. The Morgan fingerprint density at radius 2 is 2.24 bits per heavy atom. The van der Waals surface area contributed by atoms with Gasteiger partial charge in [-0.25, -0.2) is 4.98 Å². The lowest BCUT2D eigenvalue weighted by Gasteiger charge is -2.32. The topological polar surface area (TPSA) is 97.8 Å². The van der Waals surface area contributed by atoms with Gasteiger partial charge in [-0.3, -0.25) is 14.9 Å². The molecule has 0 spiro atoms. The fraction of sp³-hybridized carbons (Fsp3) is 0.353.